The predicted octanol–water partition coefficient (Wildman–Crippen LogP) is 2.03. The average molecular weight is 347 g/mol. The summed E-state index contributed by atoms with van der Waals surface area (Å²) in [4.78, 5) is 16.5. The fourth-order valence-corrected chi connectivity index (χ4v) is 3.33. The van der Waals surface area contributed by atoms with Gasteiger partial charge in [-0.05, 0) is 43.0 Å². The quantitative estimate of drug-likeness (QED) is 0.781. The first kappa shape index (κ1) is 16.6. The number of nitrogens with zero attached hydrogens (tertiary/aromatic N) is 1. The van der Waals surface area contributed by atoms with Crippen LogP contribution >= 0.6 is 11.3 Å². The molecule has 128 valence electrons. The van der Waals surface area contributed by atoms with E-state index in [1.54, 1.807) is 7.11 Å². The number of ether oxygens (including phenoxy) is 2. The zero-order valence-corrected chi connectivity index (χ0v) is 14.4. The summed E-state index contributed by atoms with van der Waals surface area (Å²) in [6.07, 6.45) is 2.32. The van der Waals surface area contributed by atoms with Crippen LogP contribution in [0.5, 0.6) is 11.5 Å². The number of nitrogens with one attached hydrogen (secondary N) is 1. The monoisotopic (exact) mass is 347 g/mol. The highest BCUT2D eigenvalue weighted by Gasteiger charge is 2.26. The number of carbonyl (C=O) groups excluding carboxylic acids is 1. The number of aromatic nitrogens is 1. The number of nitrogens with two attached hydrogens (primary N) is 1. The molecule has 0 radical (unpaired) electrons. The molecule has 7 heteroatoms. The summed E-state index contributed by atoms with van der Waals surface area (Å²) < 4.78 is 10.9. The molecule has 3 rings (SSSR count). The zero-order valence-electron chi connectivity index (χ0n) is 13.6. The van der Waals surface area contributed by atoms with Crippen LogP contribution in [0.25, 0.3) is 0 Å². The molecule has 0 aliphatic carbocycles. The number of thiazole rings is 1. The first-order valence-electron chi connectivity index (χ1n) is 7.93. The van der Waals surface area contributed by atoms with Crippen molar-refractivity contribution in [3.63, 3.8) is 0 Å². The highest BCUT2D eigenvalue weighted by atomic mass is 32.1. The van der Waals surface area contributed by atoms with E-state index in [0.29, 0.717) is 24.7 Å². The molecule has 24 heavy (non-hydrogen) atoms. The third-order valence-corrected chi connectivity index (χ3v) is 4.75. The van der Waals surface area contributed by atoms with Gasteiger partial charge < -0.3 is 20.5 Å². The summed E-state index contributed by atoms with van der Waals surface area (Å²) in [6, 6.07) is 5.69. The van der Waals surface area contributed by atoms with E-state index in [1.807, 2.05) is 23.6 Å². The molecule has 0 saturated carbocycles. The lowest BCUT2D eigenvalue weighted by atomic mass is 9.95. The molecule has 6 nitrogen and oxygen atoms in total. The predicted molar refractivity (Wildman–Crippen MR) is 93.5 cm³/mol. The third kappa shape index (κ3) is 3.97. The number of hydrogen-bond donors (Lipinski definition) is 2. The zero-order chi connectivity index (χ0) is 16.9. The van der Waals surface area contributed by atoms with Crippen LogP contribution in [-0.2, 0) is 17.6 Å². The number of amides is 1. The molecule has 1 aromatic heterocycles. The maximum atomic E-state index is 12.3. The van der Waals surface area contributed by atoms with Crippen LogP contribution in [0.2, 0.25) is 0 Å². The number of nitrogen functional groups attached to an aromatic ring is 1. The Morgan fingerprint density at radius 1 is 1.54 bits per heavy atom. The summed E-state index contributed by atoms with van der Waals surface area (Å²) in [7, 11) is 1.63. The summed E-state index contributed by atoms with van der Waals surface area (Å²) in [5.74, 6) is 1.47. The maximum Gasteiger partial charge on any atom is 0.226 e. The van der Waals surface area contributed by atoms with Crippen molar-refractivity contribution in [1.82, 2.24) is 10.3 Å². The SMILES string of the molecule is COc1ccc2c(c1)C[C@@H](C(=O)NCCCc1csc(N)n1)CO2. The molecule has 0 bridgehead atoms. The number of benzene rings is 1. The standard InChI is InChI=1S/C17H21N3O3S/c1-22-14-4-5-15-11(8-14)7-12(9-23-15)16(21)19-6-2-3-13-10-24-17(18)20-13/h4-5,8,10,12H,2-3,6-7,9H2,1H3,(H2,18,20)(H,19,21)/t12-/m1/s1. The minimum absolute atomic E-state index is 0.0289. The van der Waals surface area contributed by atoms with Crippen molar-refractivity contribution in [3.8, 4) is 11.5 Å². The van der Waals surface area contributed by atoms with E-state index in [1.165, 1.54) is 11.3 Å². The van der Waals surface area contributed by atoms with Gasteiger partial charge >= 0.3 is 0 Å². The van der Waals surface area contributed by atoms with Gasteiger partial charge in [0.25, 0.3) is 0 Å². The Morgan fingerprint density at radius 3 is 3.17 bits per heavy atom. The lowest BCUT2D eigenvalue weighted by Crippen LogP contribution is -2.37. The second-order valence-corrected chi connectivity index (χ2v) is 6.65. The molecule has 0 saturated heterocycles. The lowest BCUT2D eigenvalue weighted by molar-refractivity contribution is -0.126. The van der Waals surface area contributed by atoms with Crippen molar-refractivity contribution < 1.29 is 14.3 Å². The van der Waals surface area contributed by atoms with Gasteiger partial charge in [0, 0.05) is 11.9 Å². The number of rotatable bonds is 6. The van der Waals surface area contributed by atoms with Crippen molar-refractivity contribution >= 4 is 22.4 Å². The van der Waals surface area contributed by atoms with Gasteiger partial charge in [-0.25, -0.2) is 4.98 Å². The van der Waals surface area contributed by atoms with Crippen LogP contribution in [0.3, 0.4) is 0 Å². The molecule has 2 aromatic rings. The van der Waals surface area contributed by atoms with Gasteiger partial charge in [-0.2, -0.15) is 0 Å². The molecule has 1 aliphatic heterocycles. The smallest absolute Gasteiger partial charge is 0.226 e. The Hall–Kier alpha value is -2.28. The minimum Gasteiger partial charge on any atom is -0.497 e. The van der Waals surface area contributed by atoms with Crippen LogP contribution in [-0.4, -0.2) is 31.2 Å². The van der Waals surface area contributed by atoms with E-state index in [9.17, 15) is 4.79 Å². The molecular weight excluding hydrogens is 326 g/mol. The third-order valence-electron chi connectivity index (χ3n) is 4.02. The number of hydrogen-bond acceptors (Lipinski definition) is 6. The van der Waals surface area contributed by atoms with E-state index in [2.05, 4.69) is 10.3 Å². The van der Waals surface area contributed by atoms with Gasteiger partial charge in [0.2, 0.25) is 5.91 Å². The van der Waals surface area contributed by atoms with E-state index in [4.69, 9.17) is 15.2 Å². The molecular formula is C17H21N3O3S. The Labute approximate surface area is 145 Å². The van der Waals surface area contributed by atoms with E-state index < -0.39 is 0 Å². The summed E-state index contributed by atoms with van der Waals surface area (Å²) in [5.41, 5.74) is 7.60. The van der Waals surface area contributed by atoms with Crippen molar-refractivity contribution in [2.24, 2.45) is 5.92 Å². The van der Waals surface area contributed by atoms with E-state index >= 15 is 0 Å². The van der Waals surface area contributed by atoms with Gasteiger partial charge in [-0.3, -0.25) is 4.79 Å². The number of aryl methyl sites for hydroxylation is 1. The van der Waals surface area contributed by atoms with Crippen LogP contribution in [0.1, 0.15) is 17.7 Å². The first-order valence-corrected chi connectivity index (χ1v) is 8.81. The van der Waals surface area contributed by atoms with Gasteiger partial charge in [-0.15, -0.1) is 11.3 Å². The van der Waals surface area contributed by atoms with Crippen LogP contribution in [0, 0.1) is 5.92 Å². The fourth-order valence-electron chi connectivity index (χ4n) is 2.73. The minimum atomic E-state index is -0.167. The van der Waals surface area contributed by atoms with Gasteiger partial charge in [0.15, 0.2) is 5.13 Å². The fraction of sp³-hybridized carbons (Fsp3) is 0.412. The van der Waals surface area contributed by atoms with Crippen molar-refractivity contribution in [1.29, 1.82) is 0 Å². The molecule has 0 fully saturated rings. The lowest BCUT2D eigenvalue weighted by Gasteiger charge is -2.25. The maximum absolute atomic E-state index is 12.3. The van der Waals surface area contributed by atoms with Gasteiger partial charge in [0.05, 0.1) is 18.7 Å². The van der Waals surface area contributed by atoms with Crippen LogP contribution in [0.15, 0.2) is 23.6 Å². The average Bonchev–Trinajstić information content (AvgIpc) is 3.02. The van der Waals surface area contributed by atoms with Crippen molar-refractivity contribution in [2.75, 3.05) is 26.0 Å². The molecule has 1 aromatic carbocycles. The van der Waals surface area contributed by atoms with E-state index in [-0.39, 0.29) is 11.8 Å². The highest BCUT2D eigenvalue weighted by Crippen LogP contribution is 2.30. The first-order chi connectivity index (χ1) is 11.7. The summed E-state index contributed by atoms with van der Waals surface area (Å²) in [5, 5.41) is 5.52. The molecule has 2 heterocycles. The molecule has 1 aliphatic rings. The highest BCUT2D eigenvalue weighted by molar-refractivity contribution is 7.13. The number of carbonyl (C=O) groups is 1. The Bertz CT molecular complexity index is 717. The molecule has 3 N–H and O–H groups in total. The van der Waals surface area contributed by atoms with Crippen LogP contribution in [0.4, 0.5) is 5.13 Å². The topological polar surface area (TPSA) is 86.5 Å². The molecule has 0 spiro atoms. The molecule has 0 unspecified atom stereocenters. The van der Waals surface area contributed by atoms with Crippen molar-refractivity contribution in [2.45, 2.75) is 19.3 Å². The Balaban J connectivity index is 1.47. The van der Waals surface area contributed by atoms with Gasteiger partial charge in [0.1, 0.15) is 18.1 Å². The molecule has 1 amide bonds. The summed E-state index contributed by atoms with van der Waals surface area (Å²) >= 11 is 1.44. The number of fused-ring (bicyclic) bond motifs is 1. The number of methoxy groups -OCH3 is 1. The normalized spacial score (nSPS) is 16.1. The Kier molecular flexibility index (Phi) is 5.20. The largest absolute Gasteiger partial charge is 0.497 e. The van der Waals surface area contributed by atoms with E-state index in [0.717, 1.165) is 35.6 Å². The number of anilines is 1. The van der Waals surface area contributed by atoms with Gasteiger partial charge in [-0.1, -0.05) is 0 Å². The second kappa shape index (κ2) is 7.53. The van der Waals surface area contributed by atoms with Crippen LogP contribution < -0.4 is 20.5 Å². The van der Waals surface area contributed by atoms with Crippen molar-refractivity contribution in [3.05, 3.63) is 34.8 Å². The second-order valence-electron chi connectivity index (χ2n) is 5.76. The molecule has 1 atom stereocenters. The summed E-state index contributed by atoms with van der Waals surface area (Å²) in [6.45, 7) is 1.03. The Morgan fingerprint density at radius 2 is 2.42 bits per heavy atom.